The highest BCUT2D eigenvalue weighted by Gasteiger charge is 2.14. The van der Waals surface area contributed by atoms with Gasteiger partial charge in [0.2, 0.25) is 0 Å². The molecule has 0 aromatic heterocycles. The largest absolute Gasteiger partial charge is 0.341 e. The summed E-state index contributed by atoms with van der Waals surface area (Å²) in [6.45, 7) is 5.28. The van der Waals surface area contributed by atoms with Crippen LogP contribution in [-0.4, -0.2) is 6.54 Å². The van der Waals surface area contributed by atoms with Crippen molar-refractivity contribution < 1.29 is 0 Å². The van der Waals surface area contributed by atoms with Gasteiger partial charge >= 0.3 is 0 Å². The maximum Gasteiger partial charge on any atom is 0.0459 e. The topological polar surface area (TPSA) is 29.3 Å². The van der Waals surface area contributed by atoms with Crippen LogP contribution in [0.15, 0.2) is 54.6 Å². The third-order valence-corrected chi connectivity index (χ3v) is 3.52. The summed E-state index contributed by atoms with van der Waals surface area (Å²) in [7, 11) is 0. The van der Waals surface area contributed by atoms with E-state index in [1.165, 1.54) is 29.8 Å². The molecule has 0 bridgehead atoms. The summed E-state index contributed by atoms with van der Waals surface area (Å²) in [5.41, 5.74) is 9.79. The summed E-state index contributed by atoms with van der Waals surface area (Å²) in [4.78, 5) is 2.38. The average molecular weight is 268 g/mol. The minimum absolute atomic E-state index is 0.0408. The molecule has 0 fully saturated rings. The summed E-state index contributed by atoms with van der Waals surface area (Å²) in [6.07, 6.45) is 2.35. The van der Waals surface area contributed by atoms with Gasteiger partial charge in [0.1, 0.15) is 0 Å². The molecule has 0 unspecified atom stereocenters. The highest BCUT2D eigenvalue weighted by atomic mass is 15.1. The van der Waals surface area contributed by atoms with E-state index in [1.54, 1.807) is 0 Å². The van der Waals surface area contributed by atoms with Gasteiger partial charge in [-0.05, 0) is 37.1 Å². The van der Waals surface area contributed by atoms with E-state index >= 15 is 0 Å². The Kier molecular flexibility index (Phi) is 5.19. The van der Waals surface area contributed by atoms with Gasteiger partial charge in [-0.25, -0.2) is 0 Å². The standard InChI is InChI=1S/C18H24N2/c1-3-4-14-20(16-10-6-5-7-11-16)18-13-9-8-12-17(18)15(2)19/h5-13,15H,3-4,14,19H2,1-2H3/t15-/m1/s1. The number of hydrogen-bond acceptors (Lipinski definition) is 2. The van der Waals surface area contributed by atoms with E-state index in [2.05, 4.69) is 66.4 Å². The molecule has 0 saturated carbocycles. The maximum absolute atomic E-state index is 6.13. The quantitative estimate of drug-likeness (QED) is 0.826. The van der Waals surface area contributed by atoms with Crippen LogP contribution in [0.1, 0.15) is 38.3 Å². The lowest BCUT2D eigenvalue weighted by Crippen LogP contribution is -2.21. The summed E-state index contributed by atoms with van der Waals surface area (Å²) < 4.78 is 0. The van der Waals surface area contributed by atoms with Crippen molar-refractivity contribution in [2.45, 2.75) is 32.7 Å². The number of anilines is 2. The molecule has 2 aromatic rings. The van der Waals surface area contributed by atoms with Crippen molar-refractivity contribution in [3.63, 3.8) is 0 Å². The van der Waals surface area contributed by atoms with Crippen LogP contribution in [0.4, 0.5) is 11.4 Å². The number of para-hydroxylation sites is 2. The lowest BCUT2D eigenvalue weighted by atomic mass is 10.0. The van der Waals surface area contributed by atoms with E-state index in [0.29, 0.717) is 0 Å². The zero-order chi connectivity index (χ0) is 14.4. The molecule has 2 rings (SSSR count). The van der Waals surface area contributed by atoms with Crippen molar-refractivity contribution in [1.29, 1.82) is 0 Å². The molecule has 1 atom stereocenters. The molecule has 2 nitrogen and oxygen atoms in total. The molecule has 0 aliphatic carbocycles. The molecule has 0 radical (unpaired) electrons. The molecular weight excluding hydrogens is 244 g/mol. The summed E-state index contributed by atoms with van der Waals surface area (Å²) in [6, 6.07) is 19.0. The van der Waals surface area contributed by atoms with Crippen molar-refractivity contribution in [1.82, 2.24) is 0 Å². The fourth-order valence-corrected chi connectivity index (χ4v) is 2.43. The maximum atomic E-state index is 6.13. The Morgan fingerprint density at radius 2 is 1.65 bits per heavy atom. The first-order chi connectivity index (χ1) is 9.74. The Balaban J connectivity index is 2.41. The zero-order valence-electron chi connectivity index (χ0n) is 12.4. The number of unbranched alkanes of at least 4 members (excludes halogenated alkanes) is 1. The molecule has 0 spiro atoms. The van der Waals surface area contributed by atoms with Crippen LogP contribution in [0.2, 0.25) is 0 Å². The number of hydrogen-bond donors (Lipinski definition) is 1. The van der Waals surface area contributed by atoms with E-state index in [-0.39, 0.29) is 6.04 Å². The SMILES string of the molecule is CCCCN(c1ccccc1)c1ccccc1[C@@H](C)N. The number of nitrogens with zero attached hydrogens (tertiary/aromatic N) is 1. The van der Waals surface area contributed by atoms with Crippen LogP contribution in [-0.2, 0) is 0 Å². The third-order valence-electron chi connectivity index (χ3n) is 3.52. The van der Waals surface area contributed by atoms with Crippen LogP contribution < -0.4 is 10.6 Å². The molecule has 0 heterocycles. The van der Waals surface area contributed by atoms with Gasteiger partial charge in [-0.3, -0.25) is 0 Å². The fraction of sp³-hybridized carbons (Fsp3) is 0.333. The zero-order valence-corrected chi connectivity index (χ0v) is 12.4. The van der Waals surface area contributed by atoms with Crippen LogP contribution in [0.3, 0.4) is 0 Å². The Hall–Kier alpha value is -1.80. The highest BCUT2D eigenvalue weighted by molar-refractivity contribution is 5.66. The van der Waals surface area contributed by atoms with Crippen molar-refractivity contribution in [2.75, 3.05) is 11.4 Å². The lowest BCUT2D eigenvalue weighted by Gasteiger charge is -2.28. The van der Waals surface area contributed by atoms with Crippen LogP contribution in [0.25, 0.3) is 0 Å². The highest BCUT2D eigenvalue weighted by Crippen LogP contribution is 2.31. The second-order valence-corrected chi connectivity index (χ2v) is 5.19. The predicted molar refractivity (Wildman–Crippen MR) is 87.4 cm³/mol. The smallest absolute Gasteiger partial charge is 0.0459 e. The van der Waals surface area contributed by atoms with Crippen LogP contribution in [0, 0.1) is 0 Å². The second kappa shape index (κ2) is 7.11. The molecule has 2 heteroatoms. The molecule has 0 aliphatic rings. The minimum Gasteiger partial charge on any atom is -0.341 e. The van der Waals surface area contributed by atoms with Gasteiger partial charge in [0.15, 0.2) is 0 Å². The molecule has 0 aliphatic heterocycles. The van der Waals surface area contributed by atoms with E-state index in [9.17, 15) is 0 Å². The molecule has 0 saturated heterocycles. The van der Waals surface area contributed by atoms with Gasteiger partial charge in [-0.1, -0.05) is 49.7 Å². The van der Waals surface area contributed by atoms with E-state index < -0.39 is 0 Å². The first kappa shape index (κ1) is 14.6. The van der Waals surface area contributed by atoms with E-state index in [1.807, 2.05) is 6.92 Å². The Labute approximate surface area is 122 Å². The predicted octanol–water partition coefficient (Wildman–Crippen LogP) is 4.64. The van der Waals surface area contributed by atoms with Gasteiger partial charge in [0.05, 0.1) is 0 Å². The Morgan fingerprint density at radius 1 is 1.00 bits per heavy atom. The number of benzene rings is 2. The van der Waals surface area contributed by atoms with E-state index in [0.717, 1.165) is 6.54 Å². The number of nitrogens with two attached hydrogens (primary N) is 1. The first-order valence-electron chi connectivity index (χ1n) is 7.41. The molecule has 2 N–H and O–H groups in total. The second-order valence-electron chi connectivity index (χ2n) is 5.19. The summed E-state index contributed by atoms with van der Waals surface area (Å²) in [5, 5.41) is 0. The Morgan fingerprint density at radius 3 is 2.30 bits per heavy atom. The van der Waals surface area contributed by atoms with Crippen molar-refractivity contribution in [3.05, 3.63) is 60.2 Å². The molecule has 106 valence electrons. The summed E-state index contributed by atoms with van der Waals surface area (Å²) in [5.74, 6) is 0. The molecular formula is C18H24N2. The van der Waals surface area contributed by atoms with Gasteiger partial charge in [0.25, 0.3) is 0 Å². The van der Waals surface area contributed by atoms with Crippen molar-refractivity contribution >= 4 is 11.4 Å². The Bertz CT molecular complexity index is 520. The fourth-order valence-electron chi connectivity index (χ4n) is 2.43. The molecule has 0 amide bonds. The van der Waals surface area contributed by atoms with Crippen LogP contribution in [0.5, 0.6) is 0 Å². The van der Waals surface area contributed by atoms with Crippen molar-refractivity contribution in [3.8, 4) is 0 Å². The average Bonchev–Trinajstić information content (AvgIpc) is 2.49. The lowest BCUT2D eigenvalue weighted by molar-refractivity contribution is 0.768. The van der Waals surface area contributed by atoms with Crippen molar-refractivity contribution in [2.24, 2.45) is 5.73 Å². The first-order valence-corrected chi connectivity index (χ1v) is 7.41. The number of rotatable bonds is 6. The van der Waals surface area contributed by atoms with Crippen LogP contribution >= 0.6 is 0 Å². The summed E-state index contributed by atoms with van der Waals surface area (Å²) >= 11 is 0. The monoisotopic (exact) mass is 268 g/mol. The van der Waals surface area contributed by atoms with E-state index in [4.69, 9.17) is 5.73 Å². The van der Waals surface area contributed by atoms with Gasteiger partial charge in [0, 0.05) is 24.0 Å². The van der Waals surface area contributed by atoms with Gasteiger partial charge < -0.3 is 10.6 Å². The minimum atomic E-state index is 0.0408. The normalized spacial score (nSPS) is 12.2. The van der Waals surface area contributed by atoms with Gasteiger partial charge in [-0.2, -0.15) is 0 Å². The van der Waals surface area contributed by atoms with Gasteiger partial charge in [-0.15, -0.1) is 0 Å². The molecule has 2 aromatic carbocycles. The third kappa shape index (κ3) is 3.40. The molecule has 20 heavy (non-hydrogen) atoms.